The molecular weight excluding hydrogens is 208 g/mol. The van der Waals surface area contributed by atoms with Crippen LogP contribution in [0.15, 0.2) is 18.6 Å². The molecule has 0 saturated heterocycles. The third kappa shape index (κ3) is 1.48. The summed E-state index contributed by atoms with van der Waals surface area (Å²) in [6, 6.07) is 0. The summed E-state index contributed by atoms with van der Waals surface area (Å²) in [4.78, 5) is 1.39. The fourth-order valence-corrected chi connectivity index (χ4v) is 2.90. The van der Waals surface area contributed by atoms with Gasteiger partial charge >= 0.3 is 0 Å². The Morgan fingerprint density at radius 3 is 3.27 bits per heavy atom. The molecule has 0 fully saturated rings. The van der Waals surface area contributed by atoms with E-state index in [1.165, 1.54) is 16.0 Å². The number of aromatic nitrogens is 3. The molecule has 78 valence electrons. The third-order valence-corrected chi connectivity index (χ3v) is 3.74. The van der Waals surface area contributed by atoms with Gasteiger partial charge in [-0.3, -0.25) is 4.68 Å². The van der Waals surface area contributed by atoms with Crippen LogP contribution in [0.5, 0.6) is 0 Å². The van der Waals surface area contributed by atoms with Crippen LogP contribution in [0, 0.1) is 0 Å². The smallest absolute Gasteiger partial charge is 0.0528 e. The highest BCUT2D eigenvalue weighted by Crippen LogP contribution is 2.32. The zero-order valence-electron chi connectivity index (χ0n) is 8.47. The summed E-state index contributed by atoms with van der Waals surface area (Å²) < 4.78 is 6.11. The van der Waals surface area contributed by atoms with Gasteiger partial charge in [-0.1, -0.05) is 0 Å². The Hall–Kier alpha value is -1.20. The number of rotatable bonds is 1. The van der Waals surface area contributed by atoms with Crippen LogP contribution in [0.4, 0.5) is 0 Å². The van der Waals surface area contributed by atoms with Crippen LogP contribution in [-0.2, 0) is 13.6 Å². The summed E-state index contributed by atoms with van der Waals surface area (Å²) in [6.45, 7) is 1.93. The monoisotopic (exact) mass is 220 g/mol. The summed E-state index contributed by atoms with van der Waals surface area (Å²) >= 11 is 1.61. The van der Waals surface area contributed by atoms with E-state index < -0.39 is 0 Å². The molecule has 1 unspecified atom stereocenters. The van der Waals surface area contributed by atoms with Crippen molar-refractivity contribution in [3.63, 3.8) is 0 Å². The van der Waals surface area contributed by atoms with Gasteiger partial charge in [0.1, 0.15) is 0 Å². The molecule has 1 atom stereocenters. The molecule has 1 aliphatic heterocycles. The Morgan fingerprint density at radius 1 is 1.53 bits per heavy atom. The second-order valence-electron chi connectivity index (χ2n) is 3.85. The van der Waals surface area contributed by atoms with Gasteiger partial charge in [0.15, 0.2) is 0 Å². The Kier molecular flexibility index (Phi) is 2.07. The van der Waals surface area contributed by atoms with E-state index in [2.05, 4.69) is 21.0 Å². The first-order valence-electron chi connectivity index (χ1n) is 4.97. The van der Waals surface area contributed by atoms with Crippen LogP contribution in [0.25, 0.3) is 0 Å². The maximum Gasteiger partial charge on any atom is 0.0528 e. The highest BCUT2D eigenvalue weighted by atomic mass is 32.1. The highest BCUT2D eigenvalue weighted by Gasteiger charge is 2.24. The van der Waals surface area contributed by atoms with Gasteiger partial charge in [0.2, 0.25) is 0 Å². The number of nitrogens with one attached hydrogen (secondary N) is 1. The number of hydrogen-bond donors (Lipinski definition) is 1. The molecule has 15 heavy (non-hydrogen) atoms. The first-order chi connectivity index (χ1) is 7.34. The van der Waals surface area contributed by atoms with Crippen molar-refractivity contribution in [3.8, 4) is 0 Å². The lowest BCUT2D eigenvalue weighted by Crippen LogP contribution is -2.27. The van der Waals surface area contributed by atoms with Gasteiger partial charge in [0.05, 0.1) is 6.20 Å². The van der Waals surface area contributed by atoms with E-state index in [0.29, 0.717) is 5.92 Å². The standard InChI is InChI=1S/C10H12N4S/c1-14-6-8(3-12-14)9-5-11-2-7-4-13-15-10(7)9/h3-4,6,9,11H,2,5H2,1H3. The summed E-state index contributed by atoms with van der Waals surface area (Å²) in [5, 5.41) is 7.64. The van der Waals surface area contributed by atoms with Crippen molar-refractivity contribution in [1.82, 2.24) is 19.5 Å². The predicted molar refractivity (Wildman–Crippen MR) is 58.9 cm³/mol. The number of fused-ring (bicyclic) bond motifs is 1. The van der Waals surface area contributed by atoms with Gasteiger partial charge in [-0.05, 0) is 17.1 Å². The maximum atomic E-state index is 4.26. The quantitative estimate of drug-likeness (QED) is 0.783. The number of nitrogens with zero attached hydrogens (tertiary/aromatic N) is 3. The molecule has 3 rings (SSSR count). The lowest BCUT2D eigenvalue weighted by Gasteiger charge is -2.21. The van der Waals surface area contributed by atoms with Gasteiger partial charge in [0, 0.05) is 48.9 Å². The molecule has 0 bridgehead atoms. The van der Waals surface area contributed by atoms with Crippen molar-refractivity contribution in [1.29, 1.82) is 0 Å². The van der Waals surface area contributed by atoms with Crippen molar-refractivity contribution in [2.45, 2.75) is 12.5 Å². The molecule has 0 spiro atoms. The van der Waals surface area contributed by atoms with Crippen LogP contribution in [0.3, 0.4) is 0 Å². The van der Waals surface area contributed by atoms with Gasteiger partial charge in [-0.2, -0.15) is 5.10 Å². The van der Waals surface area contributed by atoms with E-state index in [-0.39, 0.29) is 0 Å². The fraction of sp³-hybridized carbons (Fsp3) is 0.400. The topological polar surface area (TPSA) is 42.7 Å². The van der Waals surface area contributed by atoms with E-state index >= 15 is 0 Å². The first kappa shape index (κ1) is 9.06. The minimum Gasteiger partial charge on any atom is -0.312 e. The van der Waals surface area contributed by atoms with E-state index in [4.69, 9.17) is 0 Å². The fourth-order valence-electron chi connectivity index (χ4n) is 2.02. The maximum absolute atomic E-state index is 4.26. The molecule has 0 aromatic carbocycles. The molecule has 0 amide bonds. The lowest BCUT2D eigenvalue weighted by atomic mass is 9.95. The average Bonchev–Trinajstić information content (AvgIpc) is 2.84. The zero-order chi connectivity index (χ0) is 10.3. The van der Waals surface area contributed by atoms with Crippen LogP contribution >= 0.6 is 11.5 Å². The molecule has 4 nitrogen and oxygen atoms in total. The molecule has 1 N–H and O–H groups in total. The van der Waals surface area contributed by atoms with Gasteiger partial charge < -0.3 is 5.32 Å². The summed E-state index contributed by atoms with van der Waals surface area (Å²) in [5.74, 6) is 0.426. The second-order valence-corrected chi connectivity index (χ2v) is 4.68. The van der Waals surface area contributed by atoms with Crippen LogP contribution in [0.1, 0.15) is 21.9 Å². The summed E-state index contributed by atoms with van der Waals surface area (Å²) in [7, 11) is 1.95. The van der Waals surface area contributed by atoms with E-state index in [0.717, 1.165) is 13.1 Å². The Bertz CT molecular complexity index is 473. The van der Waals surface area contributed by atoms with Gasteiger partial charge in [-0.15, -0.1) is 0 Å². The number of aryl methyl sites for hydroxylation is 1. The first-order valence-corrected chi connectivity index (χ1v) is 5.74. The summed E-state index contributed by atoms with van der Waals surface area (Å²) in [5.41, 5.74) is 2.61. The SMILES string of the molecule is Cn1cc(C2CNCc3cnsc32)cn1. The zero-order valence-corrected chi connectivity index (χ0v) is 9.29. The van der Waals surface area contributed by atoms with E-state index in [1.807, 2.05) is 24.1 Å². The Morgan fingerprint density at radius 2 is 2.47 bits per heavy atom. The second kappa shape index (κ2) is 3.43. The molecule has 3 heterocycles. The van der Waals surface area contributed by atoms with E-state index in [1.54, 1.807) is 11.5 Å². The van der Waals surface area contributed by atoms with Crippen molar-refractivity contribution in [2.24, 2.45) is 7.05 Å². The van der Waals surface area contributed by atoms with Crippen molar-refractivity contribution in [3.05, 3.63) is 34.6 Å². The van der Waals surface area contributed by atoms with Gasteiger partial charge in [0.25, 0.3) is 0 Å². The molecule has 0 radical (unpaired) electrons. The largest absolute Gasteiger partial charge is 0.312 e. The van der Waals surface area contributed by atoms with Crippen LogP contribution in [-0.4, -0.2) is 20.7 Å². The molecule has 0 saturated carbocycles. The number of hydrogen-bond acceptors (Lipinski definition) is 4. The molecule has 2 aromatic rings. The highest BCUT2D eigenvalue weighted by molar-refractivity contribution is 7.06. The normalized spacial score (nSPS) is 20.2. The minimum absolute atomic E-state index is 0.426. The third-order valence-electron chi connectivity index (χ3n) is 2.78. The van der Waals surface area contributed by atoms with Crippen LogP contribution < -0.4 is 5.32 Å². The van der Waals surface area contributed by atoms with Crippen molar-refractivity contribution < 1.29 is 0 Å². The van der Waals surface area contributed by atoms with Gasteiger partial charge in [-0.25, -0.2) is 4.37 Å². The summed E-state index contributed by atoms with van der Waals surface area (Å²) in [6.07, 6.45) is 6.00. The molecule has 2 aromatic heterocycles. The minimum atomic E-state index is 0.426. The lowest BCUT2D eigenvalue weighted by molar-refractivity contribution is 0.600. The Balaban J connectivity index is 2.02. The van der Waals surface area contributed by atoms with Crippen LogP contribution in [0.2, 0.25) is 0 Å². The van der Waals surface area contributed by atoms with Crippen molar-refractivity contribution >= 4 is 11.5 Å². The molecule has 0 aliphatic carbocycles. The van der Waals surface area contributed by atoms with Crippen molar-refractivity contribution in [2.75, 3.05) is 6.54 Å². The predicted octanol–water partition coefficient (Wildman–Crippen LogP) is 1.11. The Labute approximate surface area is 92.1 Å². The molecule has 5 heteroatoms. The molecular formula is C10H12N4S. The average molecular weight is 220 g/mol. The molecule has 1 aliphatic rings. The van der Waals surface area contributed by atoms with E-state index in [9.17, 15) is 0 Å².